The van der Waals surface area contributed by atoms with Crippen LogP contribution in [0.25, 0.3) is 16.8 Å². The van der Waals surface area contributed by atoms with Gasteiger partial charge >= 0.3 is 5.97 Å². The first-order chi connectivity index (χ1) is 13.0. The van der Waals surface area contributed by atoms with E-state index in [4.69, 9.17) is 4.74 Å². The number of esters is 1. The molecular weight excluding hydrogens is 342 g/mol. The van der Waals surface area contributed by atoms with Crippen molar-refractivity contribution >= 4 is 11.5 Å². The number of aryl methyl sites for hydroxylation is 2. The van der Waals surface area contributed by atoms with E-state index in [1.165, 1.54) is 5.56 Å². The van der Waals surface area contributed by atoms with Crippen LogP contribution in [0.1, 0.15) is 59.3 Å². The minimum Gasteiger partial charge on any atom is -0.461 e. The lowest BCUT2D eigenvalue weighted by atomic mass is 9.79. The number of rotatable bonds is 4. The first-order valence-electron chi connectivity index (χ1n) is 9.40. The van der Waals surface area contributed by atoms with Gasteiger partial charge in [-0.25, -0.2) is 9.31 Å². The van der Waals surface area contributed by atoms with E-state index in [2.05, 4.69) is 17.0 Å². The number of nitrogens with zero attached hydrogens (tertiary/aromatic N) is 2. The number of aromatic amines is 1. The molecule has 4 rings (SSSR count). The van der Waals surface area contributed by atoms with Gasteiger partial charge in [-0.1, -0.05) is 18.6 Å². The van der Waals surface area contributed by atoms with E-state index in [1.807, 2.05) is 25.1 Å². The van der Waals surface area contributed by atoms with Crippen molar-refractivity contribution in [1.82, 2.24) is 14.6 Å². The van der Waals surface area contributed by atoms with Crippen LogP contribution < -0.4 is 5.56 Å². The highest BCUT2D eigenvalue weighted by molar-refractivity contribution is 5.92. The van der Waals surface area contributed by atoms with Crippen molar-refractivity contribution in [2.75, 3.05) is 6.61 Å². The second kappa shape index (κ2) is 6.68. The Bertz CT molecular complexity index is 1090. The zero-order valence-electron chi connectivity index (χ0n) is 15.8. The van der Waals surface area contributed by atoms with Crippen LogP contribution in [0.5, 0.6) is 0 Å². The zero-order valence-corrected chi connectivity index (χ0v) is 15.8. The van der Waals surface area contributed by atoms with Gasteiger partial charge in [-0.2, -0.15) is 5.10 Å². The maximum atomic E-state index is 12.9. The molecule has 1 fully saturated rings. The predicted octanol–water partition coefficient (Wildman–Crippen LogP) is 3.75. The summed E-state index contributed by atoms with van der Waals surface area (Å²) in [6, 6.07) is 6.04. The van der Waals surface area contributed by atoms with Gasteiger partial charge in [0.05, 0.1) is 18.5 Å². The number of ether oxygens (including phenoxy) is 1. The summed E-state index contributed by atoms with van der Waals surface area (Å²) in [6.45, 7) is 6.13. The molecule has 1 aromatic carbocycles. The van der Waals surface area contributed by atoms with Crippen molar-refractivity contribution in [3.05, 3.63) is 57.1 Å². The summed E-state index contributed by atoms with van der Waals surface area (Å²) in [5, 5.41) is 4.44. The van der Waals surface area contributed by atoms with Gasteiger partial charge in [0, 0.05) is 5.56 Å². The van der Waals surface area contributed by atoms with Crippen molar-refractivity contribution in [1.29, 1.82) is 0 Å². The standard InChI is InChI=1S/C21H23N3O3/c1-4-27-21(26)18-17(14-6-5-7-14)19-20(25)22-16(11-24(19)23-18)15-9-8-12(2)13(3)10-15/h8-11,14H,4-7H2,1-3H3,(H,22,25). The third kappa shape index (κ3) is 2.95. The van der Waals surface area contributed by atoms with Crippen LogP contribution in [0.15, 0.2) is 29.2 Å². The highest BCUT2D eigenvalue weighted by Crippen LogP contribution is 2.39. The van der Waals surface area contributed by atoms with Gasteiger partial charge in [-0.05, 0) is 62.3 Å². The molecule has 2 aromatic heterocycles. The van der Waals surface area contributed by atoms with Gasteiger partial charge in [-0.3, -0.25) is 4.79 Å². The lowest BCUT2D eigenvalue weighted by Gasteiger charge is -2.25. The normalized spacial score (nSPS) is 14.3. The lowest BCUT2D eigenvalue weighted by Crippen LogP contribution is -2.18. The van der Waals surface area contributed by atoms with Crippen molar-refractivity contribution < 1.29 is 9.53 Å². The average molecular weight is 365 g/mol. The van der Waals surface area contributed by atoms with Crippen LogP contribution in [-0.2, 0) is 4.74 Å². The molecule has 1 aliphatic carbocycles. The van der Waals surface area contributed by atoms with Crippen LogP contribution >= 0.6 is 0 Å². The summed E-state index contributed by atoms with van der Waals surface area (Å²) in [6.07, 6.45) is 4.81. The molecule has 1 N–H and O–H groups in total. The maximum absolute atomic E-state index is 12.9. The molecule has 2 heterocycles. The summed E-state index contributed by atoms with van der Waals surface area (Å²) >= 11 is 0. The Labute approximate surface area is 157 Å². The molecule has 0 saturated heterocycles. The number of carbonyl (C=O) groups excluding carboxylic acids is 1. The number of benzene rings is 1. The van der Waals surface area contributed by atoms with Crippen molar-refractivity contribution in [3.8, 4) is 11.3 Å². The minimum absolute atomic E-state index is 0.190. The third-order valence-corrected chi connectivity index (χ3v) is 5.46. The van der Waals surface area contributed by atoms with Gasteiger partial charge in [0.25, 0.3) is 5.56 Å². The third-order valence-electron chi connectivity index (χ3n) is 5.46. The number of carbonyl (C=O) groups is 1. The SMILES string of the molecule is CCOC(=O)c1nn2cc(-c3ccc(C)c(C)c3)[nH]c(=O)c2c1C1CCC1. The molecule has 1 aliphatic rings. The molecule has 0 unspecified atom stereocenters. The molecule has 0 atom stereocenters. The fourth-order valence-electron chi connectivity index (χ4n) is 3.59. The van der Waals surface area contributed by atoms with E-state index in [0.29, 0.717) is 11.2 Å². The highest BCUT2D eigenvalue weighted by Gasteiger charge is 2.32. The molecular formula is C21H23N3O3. The first-order valence-corrected chi connectivity index (χ1v) is 9.40. The number of hydrogen-bond donors (Lipinski definition) is 1. The fourth-order valence-corrected chi connectivity index (χ4v) is 3.59. The van der Waals surface area contributed by atoms with Crippen LogP contribution in [0.4, 0.5) is 0 Å². The first kappa shape index (κ1) is 17.5. The molecule has 6 heteroatoms. The average Bonchev–Trinajstić information content (AvgIpc) is 2.96. The second-order valence-electron chi connectivity index (χ2n) is 7.20. The molecule has 0 radical (unpaired) electrons. The molecule has 0 amide bonds. The van der Waals surface area contributed by atoms with Crippen molar-refractivity contribution in [2.24, 2.45) is 0 Å². The Morgan fingerprint density at radius 1 is 1.30 bits per heavy atom. The Hall–Kier alpha value is -2.89. The summed E-state index contributed by atoms with van der Waals surface area (Å²) in [7, 11) is 0. The van der Waals surface area contributed by atoms with E-state index in [-0.39, 0.29) is 23.8 Å². The van der Waals surface area contributed by atoms with Gasteiger partial charge in [0.2, 0.25) is 0 Å². The molecule has 140 valence electrons. The van der Waals surface area contributed by atoms with E-state index < -0.39 is 5.97 Å². The fraction of sp³-hybridized carbons (Fsp3) is 0.381. The van der Waals surface area contributed by atoms with Crippen LogP contribution in [-0.4, -0.2) is 27.2 Å². The smallest absolute Gasteiger partial charge is 0.359 e. The zero-order chi connectivity index (χ0) is 19.1. The van der Waals surface area contributed by atoms with Gasteiger partial charge < -0.3 is 9.72 Å². The predicted molar refractivity (Wildman–Crippen MR) is 103 cm³/mol. The van der Waals surface area contributed by atoms with E-state index in [0.717, 1.165) is 36.0 Å². The van der Waals surface area contributed by atoms with Gasteiger partial charge in [-0.15, -0.1) is 0 Å². The van der Waals surface area contributed by atoms with E-state index in [9.17, 15) is 9.59 Å². The van der Waals surface area contributed by atoms with E-state index >= 15 is 0 Å². The molecule has 0 spiro atoms. The molecule has 1 saturated carbocycles. The highest BCUT2D eigenvalue weighted by atomic mass is 16.5. The van der Waals surface area contributed by atoms with Gasteiger partial charge in [0.1, 0.15) is 5.52 Å². The maximum Gasteiger partial charge on any atom is 0.359 e. The minimum atomic E-state index is -0.463. The molecule has 6 nitrogen and oxygen atoms in total. The van der Waals surface area contributed by atoms with E-state index in [1.54, 1.807) is 17.6 Å². The quantitative estimate of drug-likeness (QED) is 0.715. The molecule has 0 bridgehead atoms. The van der Waals surface area contributed by atoms with Crippen molar-refractivity contribution in [3.63, 3.8) is 0 Å². The second-order valence-corrected chi connectivity index (χ2v) is 7.20. The van der Waals surface area contributed by atoms with Crippen LogP contribution in [0.2, 0.25) is 0 Å². The molecule has 0 aliphatic heterocycles. The van der Waals surface area contributed by atoms with Gasteiger partial charge in [0.15, 0.2) is 5.69 Å². The largest absolute Gasteiger partial charge is 0.461 e. The number of nitrogens with one attached hydrogen (secondary N) is 1. The number of H-pyrrole nitrogens is 1. The van der Waals surface area contributed by atoms with Crippen molar-refractivity contribution in [2.45, 2.75) is 46.0 Å². The van der Waals surface area contributed by atoms with Crippen LogP contribution in [0.3, 0.4) is 0 Å². The number of fused-ring (bicyclic) bond motifs is 1. The Kier molecular flexibility index (Phi) is 4.34. The number of hydrogen-bond acceptors (Lipinski definition) is 4. The summed E-state index contributed by atoms with van der Waals surface area (Å²) in [5.41, 5.74) is 5.15. The van der Waals surface area contributed by atoms with Crippen LogP contribution in [0, 0.1) is 13.8 Å². The molecule has 3 aromatic rings. The lowest BCUT2D eigenvalue weighted by molar-refractivity contribution is 0.0516. The Balaban J connectivity index is 1.91. The summed E-state index contributed by atoms with van der Waals surface area (Å²) in [5.74, 6) is -0.272. The Morgan fingerprint density at radius 3 is 2.70 bits per heavy atom. The topological polar surface area (TPSA) is 76.5 Å². The summed E-state index contributed by atoms with van der Waals surface area (Å²) in [4.78, 5) is 28.3. The monoisotopic (exact) mass is 365 g/mol. The summed E-state index contributed by atoms with van der Waals surface area (Å²) < 4.78 is 6.72. The molecule has 27 heavy (non-hydrogen) atoms. The number of aromatic nitrogens is 3. The Morgan fingerprint density at radius 2 is 2.07 bits per heavy atom.